The number of nitrogens with zero attached hydrogens (tertiary/aromatic N) is 2. The van der Waals surface area contributed by atoms with Crippen molar-refractivity contribution in [2.24, 2.45) is 0 Å². The highest BCUT2D eigenvalue weighted by atomic mass is 79.9. The van der Waals surface area contributed by atoms with Gasteiger partial charge in [0.15, 0.2) is 10.4 Å². The van der Waals surface area contributed by atoms with E-state index in [1.165, 1.54) is 0 Å². The Bertz CT molecular complexity index is 639. The number of halogens is 1. The predicted octanol–water partition coefficient (Wildman–Crippen LogP) is 3.04. The van der Waals surface area contributed by atoms with E-state index in [9.17, 15) is 4.79 Å². The molecular formula is C15H15BrN2O3. The zero-order valence-electron chi connectivity index (χ0n) is 11.6. The monoisotopic (exact) mass is 350 g/mol. The van der Waals surface area contributed by atoms with E-state index in [1.807, 2.05) is 19.1 Å². The number of furan rings is 1. The van der Waals surface area contributed by atoms with E-state index in [2.05, 4.69) is 20.9 Å². The Morgan fingerprint density at radius 1 is 1.43 bits per heavy atom. The first-order chi connectivity index (χ1) is 10.1. The standard InChI is InChI=1S/C15H15BrN2O3/c1-10-2-5-14(17-8-10)20-11-6-7-18(9-11)15(19)12-3-4-13(16)21-12/h2-5,8,11H,6-7,9H2,1H3. The molecular weight excluding hydrogens is 336 g/mol. The van der Waals surface area contributed by atoms with Gasteiger partial charge in [-0.05, 0) is 40.5 Å². The van der Waals surface area contributed by atoms with Crippen LogP contribution in [0.3, 0.4) is 0 Å². The second kappa shape index (κ2) is 5.89. The van der Waals surface area contributed by atoms with Gasteiger partial charge in [0.05, 0.1) is 6.54 Å². The van der Waals surface area contributed by atoms with Crippen LogP contribution in [0.4, 0.5) is 0 Å². The van der Waals surface area contributed by atoms with Crippen LogP contribution in [0.25, 0.3) is 0 Å². The molecule has 2 aromatic rings. The summed E-state index contributed by atoms with van der Waals surface area (Å²) in [6.07, 6.45) is 2.54. The Kier molecular flexibility index (Phi) is 3.96. The van der Waals surface area contributed by atoms with Gasteiger partial charge in [-0.1, -0.05) is 6.07 Å². The summed E-state index contributed by atoms with van der Waals surface area (Å²) in [4.78, 5) is 18.2. The second-order valence-corrected chi connectivity index (χ2v) is 5.84. The molecule has 0 radical (unpaired) electrons. The maximum absolute atomic E-state index is 12.2. The number of hydrogen-bond acceptors (Lipinski definition) is 4. The number of rotatable bonds is 3. The summed E-state index contributed by atoms with van der Waals surface area (Å²) in [5.74, 6) is 0.834. The van der Waals surface area contributed by atoms with Crippen molar-refractivity contribution < 1.29 is 13.9 Å². The average molecular weight is 351 g/mol. The smallest absolute Gasteiger partial charge is 0.289 e. The molecule has 0 aliphatic carbocycles. The fourth-order valence-corrected chi connectivity index (χ4v) is 2.60. The van der Waals surface area contributed by atoms with Crippen molar-refractivity contribution in [3.8, 4) is 5.88 Å². The summed E-state index contributed by atoms with van der Waals surface area (Å²) in [5.41, 5.74) is 1.09. The highest BCUT2D eigenvalue weighted by Gasteiger charge is 2.29. The molecule has 0 bridgehead atoms. The predicted molar refractivity (Wildman–Crippen MR) is 80.3 cm³/mol. The molecule has 0 saturated carbocycles. The fraction of sp³-hybridized carbons (Fsp3) is 0.333. The van der Waals surface area contributed by atoms with E-state index in [4.69, 9.17) is 9.15 Å². The Morgan fingerprint density at radius 2 is 2.29 bits per heavy atom. The lowest BCUT2D eigenvalue weighted by atomic mass is 10.3. The van der Waals surface area contributed by atoms with Crippen LogP contribution in [0.5, 0.6) is 5.88 Å². The molecule has 1 aliphatic heterocycles. The lowest BCUT2D eigenvalue weighted by molar-refractivity contribution is 0.0738. The minimum atomic E-state index is -0.108. The minimum absolute atomic E-state index is 0.0254. The van der Waals surface area contributed by atoms with Gasteiger partial charge < -0.3 is 14.1 Å². The van der Waals surface area contributed by atoms with Gasteiger partial charge in [0.25, 0.3) is 5.91 Å². The van der Waals surface area contributed by atoms with Gasteiger partial charge in [0.2, 0.25) is 5.88 Å². The molecule has 1 aliphatic rings. The third-order valence-corrected chi connectivity index (χ3v) is 3.81. The summed E-state index contributed by atoms with van der Waals surface area (Å²) >= 11 is 3.20. The summed E-state index contributed by atoms with van der Waals surface area (Å²) in [6, 6.07) is 7.19. The molecule has 1 unspecified atom stereocenters. The average Bonchev–Trinajstić information content (AvgIpc) is 3.10. The van der Waals surface area contributed by atoms with Crippen molar-refractivity contribution in [3.05, 3.63) is 46.5 Å². The molecule has 1 amide bonds. The minimum Gasteiger partial charge on any atom is -0.472 e. The normalized spacial score (nSPS) is 18.0. The van der Waals surface area contributed by atoms with E-state index in [1.54, 1.807) is 23.2 Å². The van der Waals surface area contributed by atoms with Crippen LogP contribution < -0.4 is 4.74 Å². The van der Waals surface area contributed by atoms with Crippen LogP contribution in [0, 0.1) is 6.92 Å². The zero-order valence-corrected chi connectivity index (χ0v) is 13.2. The van der Waals surface area contributed by atoms with Crippen molar-refractivity contribution in [2.75, 3.05) is 13.1 Å². The molecule has 0 spiro atoms. The van der Waals surface area contributed by atoms with Gasteiger partial charge >= 0.3 is 0 Å². The number of carbonyl (C=O) groups excluding carboxylic acids is 1. The largest absolute Gasteiger partial charge is 0.472 e. The fourth-order valence-electron chi connectivity index (χ4n) is 2.29. The first kappa shape index (κ1) is 14.1. The molecule has 2 aromatic heterocycles. The van der Waals surface area contributed by atoms with Crippen LogP contribution in [-0.4, -0.2) is 35.0 Å². The molecule has 1 fully saturated rings. The number of pyridine rings is 1. The molecule has 21 heavy (non-hydrogen) atoms. The molecule has 3 rings (SSSR count). The Hall–Kier alpha value is -1.82. The van der Waals surface area contributed by atoms with E-state index in [0.29, 0.717) is 29.4 Å². The lowest BCUT2D eigenvalue weighted by Crippen LogP contribution is -2.30. The van der Waals surface area contributed by atoms with Gasteiger partial charge in [0, 0.05) is 25.2 Å². The maximum atomic E-state index is 12.2. The zero-order chi connectivity index (χ0) is 14.8. The topological polar surface area (TPSA) is 55.6 Å². The quantitative estimate of drug-likeness (QED) is 0.853. The molecule has 0 N–H and O–H groups in total. The van der Waals surface area contributed by atoms with Crippen molar-refractivity contribution in [3.63, 3.8) is 0 Å². The number of hydrogen-bond donors (Lipinski definition) is 0. The molecule has 110 valence electrons. The second-order valence-electron chi connectivity index (χ2n) is 5.06. The van der Waals surface area contributed by atoms with Crippen LogP contribution in [0.1, 0.15) is 22.5 Å². The van der Waals surface area contributed by atoms with E-state index in [-0.39, 0.29) is 12.0 Å². The van der Waals surface area contributed by atoms with Crippen LogP contribution in [-0.2, 0) is 0 Å². The molecule has 6 heteroatoms. The maximum Gasteiger partial charge on any atom is 0.289 e. The SMILES string of the molecule is Cc1ccc(OC2CCN(C(=O)c3ccc(Br)o3)C2)nc1. The van der Waals surface area contributed by atoms with E-state index < -0.39 is 0 Å². The lowest BCUT2D eigenvalue weighted by Gasteiger charge is -2.15. The first-order valence-electron chi connectivity index (χ1n) is 6.76. The van der Waals surface area contributed by atoms with Gasteiger partial charge in [0.1, 0.15) is 6.10 Å². The molecule has 0 aromatic carbocycles. The number of ether oxygens (including phenoxy) is 1. The van der Waals surface area contributed by atoms with Gasteiger partial charge in [-0.2, -0.15) is 0 Å². The van der Waals surface area contributed by atoms with Crippen molar-refractivity contribution in [1.82, 2.24) is 9.88 Å². The third kappa shape index (κ3) is 3.26. The third-order valence-electron chi connectivity index (χ3n) is 3.39. The van der Waals surface area contributed by atoms with Gasteiger partial charge in [-0.3, -0.25) is 4.79 Å². The van der Waals surface area contributed by atoms with Crippen molar-refractivity contribution in [2.45, 2.75) is 19.4 Å². The summed E-state index contributed by atoms with van der Waals surface area (Å²) in [5, 5.41) is 0. The highest BCUT2D eigenvalue weighted by Crippen LogP contribution is 2.21. The Labute approximate surface area is 131 Å². The van der Waals surface area contributed by atoms with Gasteiger partial charge in [-0.25, -0.2) is 4.98 Å². The summed E-state index contributed by atoms with van der Waals surface area (Å²) in [6.45, 7) is 3.19. The number of carbonyl (C=O) groups is 1. The molecule has 3 heterocycles. The molecule has 1 atom stereocenters. The number of amides is 1. The number of likely N-dealkylation sites (tertiary alicyclic amines) is 1. The number of aryl methyl sites for hydroxylation is 1. The summed E-state index contributed by atoms with van der Waals surface area (Å²) < 4.78 is 11.7. The van der Waals surface area contributed by atoms with Crippen LogP contribution in [0.15, 0.2) is 39.5 Å². The first-order valence-corrected chi connectivity index (χ1v) is 7.55. The molecule has 5 nitrogen and oxygen atoms in total. The van der Waals surface area contributed by atoms with Crippen molar-refractivity contribution in [1.29, 1.82) is 0 Å². The van der Waals surface area contributed by atoms with Crippen LogP contribution in [0.2, 0.25) is 0 Å². The molecule has 1 saturated heterocycles. The highest BCUT2D eigenvalue weighted by molar-refractivity contribution is 9.10. The van der Waals surface area contributed by atoms with E-state index >= 15 is 0 Å². The Balaban J connectivity index is 1.60. The number of aromatic nitrogens is 1. The van der Waals surface area contributed by atoms with E-state index in [0.717, 1.165) is 12.0 Å². The summed E-state index contributed by atoms with van der Waals surface area (Å²) in [7, 11) is 0. The Morgan fingerprint density at radius 3 is 2.95 bits per heavy atom. The van der Waals surface area contributed by atoms with Crippen molar-refractivity contribution >= 4 is 21.8 Å². The van der Waals surface area contributed by atoms with Gasteiger partial charge in [-0.15, -0.1) is 0 Å². The van der Waals surface area contributed by atoms with Crippen LogP contribution >= 0.6 is 15.9 Å².